The monoisotopic (exact) mass is 370 g/mol. The highest BCUT2D eigenvalue weighted by Crippen LogP contribution is 2.30. The van der Waals surface area contributed by atoms with Crippen LogP contribution in [0, 0.1) is 20.8 Å². The number of hydrogen-bond acceptors (Lipinski definition) is 4. The summed E-state index contributed by atoms with van der Waals surface area (Å²) in [6.07, 6.45) is 0.744. The number of aryl methyl sites for hydroxylation is 3. The van der Waals surface area contributed by atoms with Gasteiger partial charge in [0.1, 0.15) is 0 Å². The Kier molecular flexibility index (Phi) is 4.87. The third-order valence-corrected chi connectivity index (χ3v) is 6.05. The molecular formula is C20H22N2O3S. The highest BCUT2D eigenvalue weighted by molar-refractivity contribution is 7.92. The number of nitrogens with zero attached hydrogens (tertiary/aromatic N) is 1. The van der Waals surface area contributed by atoms with E-state index in [-0.39, 0.29) is 4.90 Å². The lowest BCUT2D eigenvalue weighted by Gasteiger charge is -2.14. The Morgan fingerprint density at radius 2 is 1.81 bits per heavy atom. The summed E-state index contributed by atoms with van der Waals surface area (Å²) in [5.74, 6) is 0.591. The molecule has 0 atom stereocenters. The van der Waals surface area contributed by atoms with Crippen LogP contribution in [0.15, 0.2) is 51.9 Å². The quantitative estimate of drug-likeness (QED) is 0.711. The first-order valence-corrected chi connectivity index (χ1v) is 9.96. The van der Waals surface area contributed by atoms with Gasteiger partial charge in [-0.3, -0.25) is 4.72 Å². The van der Waals surface area contributed by atoms with E-state index in [1.807, 2.05) is 45.0 Å². The standard InChI is InChI=1S/C20H22N2O3S/c1-5-16-8-6-7-9-18(16)22-26(23,24)19-12-17(11-10-13(19)2)20-14(3)15(4)21-25-20/h6-12,22H,5H2,1-4H3. The number of hydrogen-bond donors (Lipinski definition) is 1. The molecule has 0 aliphatic rings. The Bertz CT molecular complexity index is 1050. The van der Waals surface area contributed by atoms with Crippen molar-refractivity contribution in [1.82, 2.24) is 5.16 Å². The maximum atomic E-state index is 13.0. The van der Waals surface area contributed by atoms with Gasteiger partial charge in [-0.1, -0.05) is 42.4 Å². The van der Waals surface area contributed by atoms with E-state index in [9.17, 15) is 8.42 Å². The van der Waals surface area contributed by atoms with Gasteiger partial charge in [0.15, 0.2) is 5.76 Å². The SMILES string of the molecule is CCc1ccccc1NS(=O)(=O)c1cc(-c2onc(C)c2C)ccc1C. The van der Waals surface area contributed by atoms with Gasteiger partial charge in [0.2, 0.25) is 0 Å². The average Bonchev–Trinajstić information content (AvgIpc) is 2.94. The van der Waals surface area contributed by atoms with E-state index in [1.165, 1.54) is 0 Å². The molecule has 0 bridgehead atoms. The Morgan fingerprint density at radius 3 is 2.46 bits per heavy atom. The Hall–Kier alpha value is -2.60. The molecule has 0 amide bonds. The van der Waals surface area contributed by atoms with Crippen molar-refractivity contribution in [2.45, 2.75) is 39.0 Å². The zero-order valence-corrected chi connectivity index (χ0v) is 16.1. The smallest absolute Gasteiger partial charge is 0.262 e. The molecule has 0 radical (unpaired) electrons. The maximum absolute atomic E-state index is 13.0. The van der Waals surface area contributed by atoms with Crippen molar-refractivity contribution < 1.29 is 12.9 Å². The second-order valence-electron chi connectivity index (χ2n) is 6.32. The van der Waals surface area contributed by atoms with Crippen LogP contribution in [0.4, 0.5) is 5.69 Å². The first kappa shape index (κ1) is 18.2. The van der Waals surface area contributed by atoms with E-state index in [4.69, 9.17) is 4.52 Å². The summed E-state index contributed by atoms with van der Waals surface area (Å²) in [4.78, 5) is 0.231. The van der Waals surface area contributed by atoms with E-state index >= 15 is 0 Å². The lowest BCUT2D eigenvalue weighted by molar-refractivity contribution is 0.427. The summed E-state index contributed by atoms with van der Waals surface area (Å²) in [6, 6.07) is 12.7. The molecule has 1 N–H and O–H groups in total. The van der Waals surface area contributed by atoms with Crippen LogP contribution in [0.1, 0.15) is 29.3 Å². The summed E-state index contributed by atoms with van der Waals surface area (Å²) in [6.45, 7) is 7.54. The van der Waals surface area contributed by atoms with E-state index < -0.39 is 10.0 Å². The van der Waals surface area contributed by atoms with Crippen LogP contribution in [-0.2, 0) is 16.4 Å². The van der Waals surface area contributed by atoms with Crippen LogP contribution in [0.2, 0.25) is 0 Å². The van der Waals surface area contributed by atoms with Gasteiger partial charge in [0.05, 0.1) is 16.3 Å². The molecule has 1 aromatic heterocycles. The summed E-state index contributed by atoms with van der Waals surface area (Å²) in [5, 5.41) is 3.96. The van der Waals surface area contributed by atoms with Gasteiger partial charge in [-0.05, 0) is 50.5 Å². The molecule has 3 aromatic rings. The van der Waals surface area contributed by atoms with Gasteiger partial charge in [0, 0.05) is 11.1 Å². The van der Waals surface area contributed by atoms with Crippen LogP contribution in [0.3, 0.4) is 0 Å². The van der Waals surface area contributed by atoms with E-state index in [0.29, 0.717) is 22.6 Å². The number of aromatic nitrogens is 1. The van der Waals surface area contributed by atoms with Crippen molar-refractivity contribution in [2.75, 3.05) is 4.72 Å². The maximum Gasteiger partial charge on any atom is 0.262 e. The lowest BCUT2D eigenvalue weighted by Crippen LogP contribution is -2.15. The number of anilines is 1. The van der Waals surface area contributed by atoms with E-state index in [2.05, 4.69) is 9.88 Å². The molecule has 6 heteroatoms. The van der Waals surface area contributed by atoms with Crippen molar-refractivity contribution >= 4 is 15.7 Å². The summed E-state index contributed by atoms with van der Waals surface area (Å²) >= 11 is 0. The molecule has 136 valence electrons. The molecule has 0 spiro atoms. The number of rotatable bonds is 5. The topological polar surface area (TPSA) is 72.2 Å². The minimum absolute atomic E-state index is 0.231. The lowest BCUT2D eigenvalue weighted by atomic mass is 10.1. The van der Waals surface area contributed by atoms with Crippen molar-refractivity contribution in [3.63, 3.8) is 0 Å². The van der Waals surface area contributed by atoms with Gasteiger partial charge in [0.25, 0.3) is 10.0 Å². The fourth-order valence-corrected chi connectivity index (χ4v) is 4.22. The molecule has 3 rings (SSSR count). The number of para-hydroxylation sites is 1. The predicted octanol–water partition coefficient (Wildman–Crippen LogP) is 4.63. The van der Waals surface area contributed by atoms with Crippen molar-refractivity contribution in [2.24, 2.45) is 0 Å². The third kappa shape index (κ3) is 3.37. The third-order valence-electron chi connectivity index (χ3n) is 4.54. The van der Waals surface area contributed by atoms with Crippen LogP contribution in [0.5, 0.6) is 0 Å². The number of nitrogens with one attached hydrogen (secondary N) is 1. The minimum atomic E-state index is -3.73. The predicted molar refractivity (Wildman–Crippen MR) is 103 cm³/mol. The van der Waals surface area contributed by atoms with Gasteiger partial charge >= 0.3 is 0 Å². The Labute approximate surface area is 154 Å². The number of sulfonamides is 1. The Balaban J connectivity index is 2.05. The van der Waals surface area contributed by atoms with Crippen LogP contribution in [-0.4, -0.2) is 13.6 Å². The molecule has 0 fully saturated rings. The minimum Gasteiger partial charge on any atom is -0.356 e. The molecule has 0 saturated heterocycles. The van der Waals surface area contributed by atoms with E-state index in [1.54, 1.807) is 25.1 Å². The molecule has 5 nitrogen and oxygen atoms in total. The highest BCUT2D eigenvalue weighted by atomic mass is 32.2. The normalized spacial score (nSPS) is 11.5. The van der Waals surface area contributed by atoms with Crippen LogP contribution in [0.25, 0.3) is 11.3 Å². The van der Waals surface area contributed by atoms with Crippen LogP contribution >= 0.6 is 0 Å². The van der Waals surface area contributed by atoms with Crippen LogP contribution < -0.4 is 4.72 Å². The second kappa shape index (κ2) is 6.96. The van der Waals surface area contributed by atoms with Crippen molar-refractivity contribution in [1.29, 1.82) is 0 Å². The van der Waals surface area contributed by atoms with Crippen molar-refractivity contribution in [3.05, 3.63) is 64.8 Å². The first-order chi connectivity index (χ1) is 12.3. The first-order valence-electron chi connectivity index (χ1n) is 8.48. The zero-order chi connectivity index (χ0) is 18.9. The Morgan fingerprint density at radius 1 is 1.08 bits per heavy atom. The fraction of sp³-hybridized carbons (Fsp3) is 0.250. The molecule has 0 aliphatic heterocycles. The molecule has 0 unspecified atom stereocenters. The summed E-state index contributed by atoms with van der Waals surface area (Å²) in [7, 11) is -3.73. The van der Waals surface area contributed by atoms with Gasteiger partial charge in [-0.25, -0.2) is 8.42 Å². The average molecular weight is 370 g/mol. The zero-order valence-electron chi connectivity index (χ0n) is 15.3. The molecule has 1 heterocycles. The van der Waals surface area contributed by atoms with Crippen molar-refractivity contribution in [3.8, 4) is 11.3 Å². The molecule has 0 saturated carbocycles. The largest absolute Gasteiger partial charge is 0.356 e. The summed E-state index contributed by atoms with van der Waals surface area (Å²) in [5.41, 5.74) is 4.61. The number of benzene rings is 2. The molecule has 26 heavy (non-hydrogen) atoms. The second-order valence-corrected chi connectivity index (χ2v) is 7.97. The van der Waals surface area contributed by atoms with Gasteiger partial charge < -0.3 is 4.52 Å². The fourth-order valence-electron chi connectivity index (χ4n) is 2.84. The summed E-state index contributed by atoms with van der Waals surface area (Å²) < 4.78 is 34.1. The van der Waals surface area contributed by atoms with Gasteiger partial charge in [-0.2, -0.15) is 0 Å². The van der Waals surface area contributed by atoms with Gasteiger partial charge in [-0.15, -0.1) is 0 Å². The molecule has 2 aromatic carbocycles. The van der Waals surface area contributed by atoms with E-state index in [0.717, 1.165) is 23.2 Å². The highest BCUT2D eigenvalue weighted by Gasteiger charge is 2.21. The molecule has 0 aliphatic carbocycles. The molecular weight excluding hydrogens is 348 g/mol.